The molecule has 0 spiro atoms. The van der Waals surface area contributed by atoms with Crippen molar-refractivity contribution in [3.63, 3.8) is 0 Å². The van der Waals surface area contributed by atoms with Crippen molar-refractivity contribution in [1.29, 1.82) is 0 Å². The summed E-state index contributed by atoms with van der Waals surface area (Å²) in [5, 5.41) is 3.34. The predicted octanol–water partition coefficient (Wildman–Crippen LogP) is 0.635. The van der Waals surface area contributed by atoms with E-state index in [9.17, 15) is 0 Å². The molecule has 1 N–H and O–H groups in total. The fraction of sp³-hybridized carbons (Fsp3) is 0.545. The average molecular weight is 209 g/mol. The van der Waals surface area contributed by atoms with Gasteiger partial charge in [-0.1, -0.05) is 6.58 Å². The molecule has 0 aromatic heterocycles. The molecule has 4 heteroatoms. The summed E-state index contributed by atoms with van der Waals surface area (Å²) >= 11 is 0. The Bertz CT molecular complexity index is 250. The third-order valence-electron chi connectivity index (χ3n) is 2.51. The molecular formula is C11H19N3O. The zero-order valence-corrected chi connectivity index (χ0v) is 9.28. The molecule has 1 fully saturated rings. The van der Waals surface area contributed by atoms with E-state index >= 15 is 0 Å². The summed E-state index contributed by atoms with van der Waals surface area (Å²) in [4.78, 5) is 5.94. The Morgan fingerprint density at radius 3 is 3.13 bits per heavy atom. The first-order chi connectivity index (χ1) is 7.27. The molecule has 1 atom stereocenters. The summed E-state index contributed by atoms with van der Waals surface area (Å²) in [7, 11) is 2.11. The van der Waals surface area contributed by atoms with E-state index in [1.54, 1.807) is 12.3 Å². The van der Waals surface area contributed by atoms with E-state index in [4.69, 9.17) is 4.74 Å². The van der Waals surface area contributed by atoms with E-state index in [-0.39, 0.29) is 0 Å². The Balaban J connectivity index is 2.37. The zero-order chi connectivity index (χ0) is 11.1. The molecule has 1 aliphatic rings. The molecule has 0 amide bonds. The molecular weight excluding hydrogens is 190 g/mol. The highest BCUT2D eigenvalue weighted by molar-refractivity contribution is 5.27. The molecule has 0 aromatic rings. The summed E-state index contributed by atoms with van der Waals surface area (Å²) < 4.78 is 5.57. The number of ether oxygens (including phenoxy) is 1. The summed E-state index contributed by atoms with van der Waals surface area (Å²) in [5.41, 5.74) is 0. The Kier molecular flexibility index (Phi) is 5.07. The summed E-state index contributed by atoms with van der Waals surface area (Å²) in [6, 6.07) is 0.409. The molecule has 84 valence electrons. The monoisotopic (exact) mass is 209 g/mol. The largest absolute Gasteiger partial charge is 0.490 e. The topological polar surface area (TPSA) is 36.9 Å². The Morgan fingerprint density at radius 1 is 1.73 bits per heavy atom. The van der Waals surface area contributed by atoms with Crippen LogP contribution in [-0.2, 0) is 4.74 Å². The van der Waals surface area contributed by atoms with Crippen molar-refractivity contribution in [3.8, 4) is 0 Å². The highest BCUT2D eigenvalue weighted by atomic mass is 16.5. The smallest absolute Gasteiger partial charge is 0.136 e. The van der Waals surface area contributed by atoms with Crippen molar-refractivity contribution in [2.75, 3.05) is 33.3 Å². The lowest BCUT2D eigenvalue weighted by atomic mass is 10.2. The lowest BCUT2D eigenvalue weighted by molar-refractivity contribution is 0.103. The van der Waals surface area contributed by atoms with E-state index in [2.05, 4.69) is 35.6 Å². The molecule has 0 aromatic carbocycles. The molecule has 0 radical (unpaired) electrons. The fourth-order valence-corrected chi connectivity index (χ4v) is 1.48. The lowest BCUT2D eigenvalue weighted by Gasteiger charge is -2.32. The van der Waals surface area contributed by atoms with Crippen LogP contribution >= 0.6 is 0 Å². The molecule has 1 rings (SSSR count). The molecule has 15 heavy (non-hydrogen) atoms. The second-order valence-electron chi connectivity index (χ2n) is 3.57. The van der Waals surface area contributed by atoms with Gasteiger partial charge in [0.15, 0.2) is 0 Å². The van der Waals surface area contributed by atoms with Gasteiger partial charge in [-0.05, 0) is 19.8 Å². The first-order valence-corrected chi connectivity index (χ1v) is 5.10. The van der Waals surface area contributed by atoms with Gasteiger partial charge < -0.3 is 10.1 Å². The van der Waals surface area contributed by atoms with Gasteiger partial charge in [0.1, 0.15) is 12.4 Å². The van der Waals surface area contributed by atoms with Crippen molar-refractivity contribution >= 4 is 6.72 Å². The normalized spacial score (nSPS) is 23.5. The van der Waals surface area contributed by atoms with Crippen LogP contribution in [0.4, 0.5) is 0 Å². The van der Waals surface area contributed by atoms with Crippen LogP contribution in [0, 0.1) is 0 Å². The molecule has 4 nitrogen and oxygen atoms in total. The Morgan fingerprint density at radius 2 is 2.53 bits per heavy atom. The number of rotatable bonds is 5. The second kappa shape index (κ2) is 6.37. The van der Waals surface area contributed by atoms with E-state index in [0.717, 1.165) is 19.6 Å². The average Bonchev–Trinajstić information content (AvgIpc) is 2.26. The van der Waals surface area contributed by atoms with Gasteiger partial charge in [0.2, 0.25) is 0 Å². The summed E-state index contributed by atoms with van der Waals surface area (Å²) in [6.45, 7) is 10.7. The first-order valence-electron chi connectivity index (χ1n) is 5.10. The minimum atomic E-state index is 0.409. The third-order valence-corrected chi connectivity index (χ3v) is 2.51. The number of piperazine rings is 1. The zero-order valence-electron chi connectivity index (χ0n) is 9.28. The molecule has 1 heterocycles. The highest BCUT2D eigenvalue weighted by Gasteiger charge is 2.18. The van der Waals surface area contributed by atoms with Crippen molar-refractivity contribution < 1.29 is 4.74 Å². The predicted molar refractivity (Wildman–Crippen MR) is 63.1 cm³/mol. The van der Waals surface area contributed by atoms with Crippen molar-refractivity contribution in [2.45, 2.75) is 6.04 Å². The van der Waals surface area contributed by atoms with Gasteiger partial charge in [-0.3, -0.25) is 9.89 Å². The van der Waals surface area contributed by atoms with Crippen LogP contribution in [0.2, 0.25) is 0 Å². The molecule has 1 unspecified atom stereocenters. The van der Waals surface area contributed by atoms with Gasteiger partial charge in [0, 0.05) is 19.6 Å². The maximum atomic E-state index is 5.57. The van der Waals surface area contributed by atoms with Crippen LogP contribution in [0.1, 0.15) is 0 Å². The number of aliphatic imine (C=N–C) groups is 1. The molecule has 0 saturated carbocycles. The van der Waals surface area contributed by atoms with Crippen LogP contribution in [0.15, 0.2) is 29.6 Å². The SMILES string of the molecule is C=C/C(=C\N=C)OCC1CNCCN1C. The Labute approximate surface area is 91.3 Å². The second-order valence-corrected chi connectivity index (χ2v) is 3.57. The lowest BCUT2D eigenvalue weighted by Crippen LogP contribution is -2.51. The quantitative estimate of drug-likeness (QED) is 0.410. The summed E-state index contributed by atoms with van der Waals surface area (Å²) in [6.07, 6.45) is 3.22. The highest BCUT2D eigenvalue weighted by Crippen LogP contribution is 2.05. The minimum Gasteiger partial charge on any atom is -0.490 e. The van der Waals surface area contributed by atoms with Crippen LogP contribution in [0.3, 0.4) is 0 Å². The van der Waals surface area contributed by atoms with Crippen molar-refractivity contribution in [3.05, 3.63) is 24.6 Å². The number of likely N-dealkylation sites (N-methyl/N-ethyl adjacent to an activating group) is 1. The van der Waals surface area contributed by atoms with Gasteiger partial charge in [-0.2, -0.15) is 0 Å². The van der Waals surface area contributed by atoms with Gasteiger partial charge in [0.05, 0.1) is 12.2 Å². The molecule has 0 aliphatic carbocycles. The van der Waals surface area contributed by atoms with E-state index in [1.807, 2.05) is 0 Å². The van der Waals surface area contributed by atoms with Crippen LogP contribution in [0.25, 0.3) is 0 Å². The molecule has 1 aliphatic heterocycles. The van der Waals surface area contributed by atoms with Gasteiger partial charge in [-0.25, -0.2) is 0 Å². The van der Waals surface area contributed by atoms with Crippen LogP contribution < -0.4 is 5.32 Å². The van der Waals surface area contributed by atoms with Gasteiger partial charge in [-0.15, -0.1) is 0 Å². The van der Waals surface area contributed by atoms with Gasteiger partial charge in [0.25, 0.3) is 0 Å². The maximum absolute atomic E-state index is 5.57. The Hall–Kier alpha value is -1.13. The van der Waals surface area contributed by atoms with Gasteiger partial charge >= 0.3 is 0 Å². The minimum absolute atomic E-state index is 0.409. The number of hydrogen-bond donors (Lipinski definition) is 1. The third kappa shape index (κ3) is 3.85. The molecule has 0 bridgehead atoms. The molecule has 1 saturated heterocycles. The first kappa shape index (κ1) is 11.9. The summed E-state index contributed by atoms with van der Waals surface area (Å²) in [5.74, 6) is 0.670. The van der Waals surface area contributed by atoms with Crippen LogP contribution in [0.5, 0.6) is 0 Å². The van der Waals surface area contributed by atoms with Crippen LogP contribution in [-0.4, -0.2) is 50.9 Å². The number of hydrogen-bond acceptors (Lipinski definition) is 4. The van der Waals surface area contributed by atoms with Crippen molar-refractivity contribution in [1.82, 2.24) is 10.2 Å². The van der Waals surface area contributed by atoms with E-state index < -0.39 is 0 Å². The number of nitrogens with one attached hydrogen (secondary N) is 1. The van der Waals surface area contributed by atoms with E-state index in [0.29, 0.717) is 18.4 Å². The number of nitrogens with zero attached hydrogens (tertiary/aromatic N) is 2. The van der Waals surface area contributed by atoms with E-state index in [1.165, 1.54) is 0 Å². The standard InChI is InChI=1S/C11H19N3O/c1-4-11(8-12-2)15-9-10-7-13-5-6-14(10)3/h4,8,10,13H,1-2,5-7,9H2,3H3/b11-8+. The number of allylic oxidation sites excluding steroid dienone is 1. The maximum Gasteiger partial charge on any atom is 0.136 e. The van der Waals surface area contributed by atoms with Crippen molar-refractivity contribution in [2.24, 2.45) is 4.99 Å². The fourth-order valence-electron chi connectivity index (χ4n) is 1.48.